The number of ether oxygens (including phenoxy) is 1. The Bertz CT molecular complexity index is 1060. The number of rotatable bonds is 4. The normalized spacial score (nSPS) is 17.7. The number of esters is 1. The maximum Gasteiger partial charge on any atom is 0.311 e. The second-order valence-electron chi connectivity index (χ2n) is 6.21. The Hall–Kier alpha value is -2.72. The number of hydrogen-bond donors (Lipinski definition) is 0. The zero-order valence-corrected chi connectivity index (χ0v) is 15.3. The number of thiazole rings is 1. The number of benzene rings is 1. The lowest BCUT2D eigenvalue weighted by atomic mass is 9.88. The zero-order chi connectivity index (χ0) is 17.9. The summed E-state index contributed by atoms with van der Waals surface area (Å²) in [5, 5.41) is 5.40. The Balaban J connectivity index is 1.65. The Morgan fingerprint density at radius 3 is 2.88 bits per heavy atom. The van der Waals surface area contributed by atoms with Crippen molar-refractivity contribution in [1.29, 1.82) is 0 Å². The van der Waals surface area contributed by atoms with Crippen LogP contribution in [0.4, 0.5) is 0 Å². The average Bonchev–Trinajstić information content (AvgIpc) is 3.00. The van der Waals surface area contributed by atoms with E-state index in [1.165, 1.54) is 21.6 Å². The molecule has 4 heteroatoms. The molecule has 1 aromatic carbocycles. The van der Waals surface area contributed by atoms with E-state index in [0.29, 0.717) is 6.61 Å². The summed E-state index contributed by atoms with van der Waals surface area (Å²) in [5.41, 5.74) is 3.22. The van der Waals surface area contributed by atoms with Crippen molar-refractivity contribution in [3.63, 3.8) is 0 Å². The largest absolute Gasteiger partial charge is 0.466 e. The van der Waals surface area contributed by atoms with E-state index in [-0.39, 0.29) is 18.3 Å². The van der Waals surface area contributed by atoms with Crippen LogP contribution in [0.1, 0.15) is 23.5 Å². The molecule has 0 saturated heterocycles. The molecule has 3 nitrogen and oxygen atoms in total. The van der Waals surface area contributed by atoms with Crippen LogP contribution in [0.25, 0.3) is 12.2 Å². The zero-order valence-electron chi connectivity index (χ0n) is 14.5. The molecule has 0 N–H and O–H groups in total. The van der Waals surface area contributed by atoms with Gasteiger partial charge in [0, 0.05) is 5.38 Å². The summed E-state index contributed by atoms with van der Waals surface area (Å²) in [7, 11) is 0. The first-order valence-electron chi connectivity index (χ1n) is 8.72. The van der Waals surface area contributed by atoms with Crippen LogP contribution in [0.3, 0.4) is 0 Å². The summed E-state index contributed by atoms with van der Waals surface area (Å²) in [6.45, 7) is 2.21. The van der Waals surface area contributed by atoms with Crippen LogP contribution in [0.5, 0.6) is 0 Å². The number of hydrogen-bond acceptors (Lipinski definition) is 4. The van der Waals surface area contributed by atoms with E-state index >= 15 is 0 Å². The van der Waals surface area contributed by atoms with Gasteiger partial charge >= 0.3 is 5.97 Å². The third-order valence-electron chi connectivity index (χ3n) is 4.46. The molecule has 0 amide bonds. The SMILES string of the molecule is CCOC(=O)Cc1csc(C2C=CC=C3C=c4ccccc4=CC=C32)n1. The van der Waals surface area contributed by atoms with Crippen LogP contribution < -0.4 is 10.4 Å². The number of nitrogens with zero attached hydrogens (tertiary/aromatic N) is 1. The van der Waals surface area contributed by atoms with Crippen molar-refractivity contribution in [2.45, 2.75) is 19.3 Å². The molecule has 2 aromatic rings. The van der Waals surface area contributed by atoms with Crippen LogP contribution in [0.15, 0.2) is 65.1 Å². The van der Waals surface area contributed by atoms with Gasteiger partial charge in [0.05, 0.1) is 24.6 Å². The molecule has 0 spiro atoms. The van der Waals surface area contributed by atoms with Crippen LogP contribution >= 0.6 is 11.3 Å². The molecular weight excluding hydrogens is 342 g/mol. The molecule has 4 rings (SSSR count). The van der Waals surface area contributed by atoms with Crippen LogP contribution in [0, 0.1) is 0 Å². The second-order valence-corrected chi connectivity index (χ2v) is 7.10. The lowest BCUT2D eigenvalue weighted by Crippen LogP contribution is -2.22. The van der Waals surface area contributed by atoms with Gasteiger partial charge in [-0.15, -0.1) is 11.3 Å². The smallest absolute Gasteiger partial charge is 0.311 e. The first-order valence-corrected chi connectivity index (χ1v) is 9.60. The highest BCUT2D eigenvalue weighted by Gasteiger charge is 2.22. The number of allylic oxidation sites excluding steroid dienone is 6. The van der Waals surface area contributed by atoms with Gasteiger partial charge in [0.2, 0.25) is 0 Å². The molecular formula is C22H19NO2S. The number of carbonyl (C=O) groups excluding carboxylic acids is 1. The minimum atomic E-state index is -0.227. The van der Waals surface area contributed by atoms with Gasteiger partial charge in [-0.05, 0) is 34.6 Å². The number of fused-ring (bicyclic) bond motifs is 2. The van der Waals surface area contributed by atoms with Gasteiger partial charge < -0.3 is 4.74 Å². The quantitative estimate of drug-likeness (QED) is 0.786. The first-order chi connectivity index (χ1) is 12.7. The summed E-state index contributed by atoms with van der Waals surface area (Å²) in [4.78, 5) is 16.4. The monoisotopic (exact) mass is 361 g/mol. The minimum Gasteiger partial charge on any atom is -0.466 e. The molecule has 0 aliphatic heterocycles. The van der Waals surface area contributed by atoms with Crippen molar-refractivity contribution in [2.24, 2.45) is 0 Å². The molecule has 1 aromatic heterocycles. The maximum atomic E-state index is 11.7. The Labute approximate surface area is 156 Å². The number of carbonyl (C=O) groups is 1. The topological polar surface area (TPSA) is 39.2 Å². The van der Waals surface area contributed by atoms with E-state index in [2.05, 4.69) is 60.7 Å². The highest BCUT2D eigenvalue weighted by atomic mass is 32.1. The lowest BCUT2D eigenvalue weighted by Gasteiger charge is -2.18. The molecule has 2 aliphatic rings. The van der Waals surface area contributed by atoms with E-state index < -0.39 is 0 Å². The Morgan fingerprint density at radius 1 is 1.19 bits per heavy atom. The maximum absolute atomic E-state index is 11.7. The summed E-state index contributed by atoms with van der Waals surface area (Å²) >= 11 is 1.60. The molecule has 0 saturated carbocycles. The fraction of sp³-hybridized carbons (Fsp3) is 0.182. The minimum absolute atomic E-state index is 0.109. The van der Waals surface area contributed by atoms with E-state index in [9.17, 15) is 4.79 Å². The van der Waals surface area contributed by atoms with Crippen LogP contribution in [-0.2, 0) is 16.0 Å². The van der Waals surface area contributed by atoms with Gasteiger partial charge in [-0.2, -0.15) is 0 Å². The van der Waals surface area contributed by atoms with Crippen molar-refractivity contribution in [2.75, 3.05) is 6.61 Å². The van der Waals surface area contributed by atoms with E-state index in [4.69, 9.17) is 9.72 Å². The summed E-state index contributed by atoms with van der Waals surface area (Å²) in [5.74, 6) is -0.118. The molecule has 0 bridgehead atoms. The van der Waals surface area contributed by atoms with E-state index in [1.54, 1.807) is 11.3 Å². The summed E-state index contributed by atoms with van der Waals surface area (Å²) < 4.78 is 5.02. The predicted molar refractivity (Wildman–Crippen MR) is 105 cm³/mol. The molecule has 2 aliphatic carbocycles. The van der Waals surface area contributed by atoms with Crippen molar-refractivity contribution in [3.05, 3.63) is 86.2 Å². The van der Waals surface area contributed by atoms with Crippen molar-refractivity contribution in [1.82, 2.24) is 4.98 Å². The molecule has 26 heavy (non-hydrogen) atoms. The third kappa shape index (κ3) is 3.33. The van der Waals surface area contributed by atoms with Crippen molar-refractivity contribution in [3.8, 4) is 0 Å². The van der Waals surface area contributed by atoms with Gasteiger partial charge in [0.15, 0.2) is 0 Å². The fourth-order valence-corrected chi connectivity index (χ4v) is 4.16. The highest BCUT2D eigenvalue weighted by molar-refractivity contribution is 7.09. The fourth-order valence-electron chi connectivity index (χ4n) is 3.24. The van der Waals surface area contributed by atoms with Crippen LogP contribution in [0.2, 0.25) is 0 Å². The third-order valence-corrected chi connectivity index (χ3v) is 5.44. The summed E-state index contributed by atoms with van der Waals surface area (Å²) in [6.07, 6.45) is 13.2. The Kier molecular flexibility index (Phi) is 4.67. The molecule has 0 radical (unpaired) electrons. The molecule has 1 unspecified atom stereocenters. The second kappa shape index (κ2) is 7.26. The van der Waals surface area contributed by atoms with Gasteiger partial charge in [-0.25, -0.2) is 4.98 Å². The molecule has 1 atom stereocenters. The van der Waals surface area contributed by atoms with E-state index in [1.807, 2.05) is 12.3 Å². The van der Waals surface area contributed by atoms with Gasteiger partial charge in [0.25, 0.3) is 0 Å². The lowest BCUT2D eigenvalue weighted by molar-refractivity contribution is -0.142. The van der Waals surface area contributed by atoms with Crippen molar-refractivity contribution < 1.29 is 9.53 Å². The van der Waals surface area contributed by atoms with Crippen molar-refractivity contribution >= 4 is 29.5 Å². The van der Waals surface area contributed by atoms with Crippen LogP contribution in [-0.4, -0.2) is 17.6 Å². The van der Waals surface area contributed by atoms with Gasteiger partial charge in [-0.1, -0.05) is 54.6 Å². The predicted octanol–water partition coefficient (Wildman–Crippen LogP) is 3.03. The number of aromatic nitrogens is 1. The highest BCUT2D eigenvalue weighted by Crippen LogP contribution is 2.36. The molecule has 130 valence electrons. The summed E-state index contributed by atoms with van der Waals surface area (Å²) in [6, 6.07) is 8.39. The standard InChI is InChI=1S/C22H19NO2S/c1-2-25-21(24)13-18-14-26-22(23-18)20-9-5-8-17-12-16-7-4-3-6-15(16)10-11-19(17)20/h3-12,14,20H,2,13H2,1H3. The average molecular weight is 361 g/mol. The molecule has 0 fully saturated rings. The van der Waals surface area contributed by atoms with E-state index in [0.717, 1.165) is 10.7 Å². The molecule has 1 heterocycles. The van der Waals surface area contributed by atoms with Gasteiger partial charge in [-0.3, -0.25) is 4.79 Å². The van der Waals surface area contributed by atoms with Gasteiger partial charge in [0.1, 0.15) is 5.01 Å². The first kappa shape index (κ1) is 16.7. The Morgan fingerprint density at radius 2 is 2.04 bits per heavy atom.